The topological polar surface area (TPSA) is 33.1 Å². The van der Waals surface area contributed by atoms with E-state index in [-0.39, 0.29) is 47.9 Å². The number of aromatic hydroxyl groups is 1. The second-order valence-electron chi connectivity index (χ2n) is 2.35. The van der Waals surface area contributed by atoms with Gasteiger partial charge in [-0.05, 0) is 12.1 Å². The van der Waals surface area contributed by atoms with Crippen molar-refractivity contribution in [3.63, 3.8) is 0 Å². The third-order valence-electron chi connectivity index (χ3n) is 1.61. The third-order valence-corrected chi connectivity index (χ3v) is 1.61. The van der Waals surface area contributed by atoms with Crippen LogP contribution in [0.2, 0.25) is 0 Å². The fourth-order valence-corrected chi connectivity index (χ4v) is 1.09. The van der Waals surface area contributed by atoms with Gasteiger partial charge in [0.2, 0.25) is 0 Å². The van der Waals surface area contributed by atoms with Gasteiger partial charge < -0.3 is 29.9 Å². The molecule has 0 aliphatic heterocycles. The number of phenolic OH excluding ortho intramolecular Hbond substituents is 1. The Morgan fingerprint density at radius 1 is 1.00 bits per heavy atom. The molecule has 0 atom stereocenters. The molecule has 0 saturated heterocycles. The Bertz CT molecular complexity index is 392. The van der Waals surface area contributed by atoms with E-state index in [1.807, 2.05) is 18.2 Å². The standard InChI is InChI=1S/C9H7NO.2ClH.Cr/c11-8-5-1-3-7-4-2-6-10-9(7)8;;;/h1-6,11H;2*1H;/q;;;+2/p-2. The first kappa shape index (κ1) is 16.0. The van der Waals surface area contributed by atoms with E-state index in [9.17, 15) is 5.11 Å². The quantitative estimate of drug-likeness (QED) is 0.527. The first-order chi connectivity index (χ1) is 5.38. The molecule has 0 aliphatic rings. The van der Waals surface area contributed by atoms with Crippen molar-refractivity contribution in [1.82, 2.24) is 4.98 Å². The van der Waals surface area contributed by atoms with Crippen molar-refractivity contribution in [2.24, 2.45) is 0 Å². The minimum atomic E-state index is 0. The van der Waals surface area contributed by atoms with Crippen LogP contribution in [0.3, 0.4) is 0 Å². The average molecular weight is 268 g/mol. The summed E-state index contributed by atoms with van der Waals surface area (Å²) >= 11 is 0. The van der Waals surface area contributed by atoms with Crippen LogP contribution in [0.1, 0.15) is 0 Å². The van der Waals surface area contributed by atoms with Gasteiger partial charge in [-0.15, -0.1) is 0 Å². The number of benzene rings is 1. The summed E-state index contributed by atoms with van der Waals surface area (Å²) in [4.78, 5) is 4.03. The van der Waals surface area contributed by atoms with Crippen LogP contribution in [0.15, 0.2) is 36.5 Å². The average Bonchev–Trinajstić information content (AvgIpc) is 2.06. The van der Waals surface area contributed by atoms with Crippen molar-refractivity contribution < 1.29 is 47.3 Å². The first-order valence-corrected chi connectivity index (χ1v) is 3.40. The predicted octanol–water partition coefficient (Wildman–Crippen LogP) is -4.05. The molecule has 1 aromatic carbocycles. The number of hydrogen-bond acceptors (Lipinski definition) is 2. The Labute approximate surface area is 105 Å². The molecule has 1 N–H and O–H groups in total. The van der Waals surface area contributed by atoms with Crippen LogP contribution < -0.4 is 24.8 Å². The summed E-state index contributed by atoms with van der Waals surface area (Å²) in [6.07, 6.45) is 1.67. The number of halogens is 2. The van der Waals surface area contributed by atoms with Crippen LogP contribution in [0, 0.1) is 0 Å². The SMILES string of the molecule is Oc1cccc2cccnc12.[Cl-].[Cl-].[Cr+2]. The third kappa shape index (κ3) is 3.04. The van der Waals surface area contributed by atoms with E-state index < -0.39 is 0 Å². The number of para-hydroxylation sites is 1. The molecule has 2 rings (SSSR count). The molecule has 0 amide bonds. The number of nitrogens with zero attached hydrogens (tertiary/aromatic N) is 1. The van der Waals surface area contributed by atoms with Crippen molar-refractivity contribution in [2.75, 3.05) is 0 Å². The summed E-state index contributed by atoms with van der Waals surface area (Å²) in [6.45, 7) is 0. The number of hydrogen-bond donors (Lipinski definition) is 1. The molecule has 0 spiro atoms. The summed E-state index contributed by atoms with van der Waals surface area (Å²) in [5.41, 5.74) is 0.662. The monoisotopic (exact) mass is 267 g/mol. The largest absolute Gasteiger partial charge is 2.00 e. The molecule has 0 saturated carbocycles. The predicted molar refractivity (Wildman–Crippen MR) is 43.4 cm³/mol. The minimum Gasteiger partial charge on any atom is -1.00 e. The Morgan fingerprint density at radius 3 is 2.29 bits per heavy atom. The van der Waals surface area contributed by atoms with Gasteiger partial charge in [-0.2, -0.15) is 0 Å². The smallest absolute Gasteiger partial charge is 1.00 e. The van der Waals surface area contributed by atoms with Crippen LogP contribution in [-0.4, -0.2) is 10.1 Å². The van der Waals surface area contributed by atoms with E-state index in [4.69, 9.17) is 0 Å². The summed E-state index contributed by atoms with van der Waals surface area (Å²) in [7, 11) is 0. The fourth-order valence-electron chi connectivity index (χ4n) is 1.09. The molecule has 2 nitrogen and oxygen atoms in total. The normalized spacial score (nSPS) is 8.00. The molecule has 74 valence electrons. The first-order valence-electron chi connectivity index (χ1n) is 3.40. The van der Waals surface area contributed by atoms with Gasteiger partial charge in [0.15, 0.2) is 0 Å². The summed E-state index contributed by atoms with van der Waals surface area (Å²) < 4.78 is 0. The van der Waals surface area contributed by atoms with Crippen LogP contribution in [-0.2, 0) is 17.4 Å². The van der Waals surface area contributed by atoms with Gasteiger partial charge in [0, 0.05) is 11.6 Å². The molecule has 1 heterocycles. The van der Waals surface area contributed by atoms with E-state index in [1.54, 1.807) is 18.3 Å². The van der Waals surface area contributed by atoms with Crippen molar-refractivity contribution in [3.05, 3.63) is 36.5 Å². The maximum Gasteiger partial charge on any atom is 2.00 e. The van der Waals surface area contributed by atoms with Crippen LogP contribution in [0.5, 0.6) is 5.75 Å². The molecule has 5 heteroatoms. The number of aromatic nitrogens is 1. The van der Waals surface area contributed by atoms with Gasteiger partial charge in [0.25, 0.3) is 0 Å². The van der Waals surface area contributed by atoms with Gasteiger partial charge in [-0.3, -0.25) is 4.98 Å². The number of pyridine rings is 1. The molecular weight excluding hydrogens is 261 g/mol. The van der Waals surface area contributed by atoms with Crippen LogP contribution in [0.4, 0.5) is 0 Å². The molecule has 0 unspecified atom stereocenters. The molecule has 0 bridgehead atoms. The minimum absolute atomic E-state index is 0. The van der Waals surface area contributed by atoms with Gasteiger partial charge in [-0.25, -0.2) is 0 Å². The molecule has 1 aromatic heterocycles. The Kier molecular flexibility index (Phi) is 7.90. The van der Waals surface area contributed by atoms with E-state index in [0.29, 0.717) is 5.52 Å². The molecule has 0 fully saturated rings. The summed E-state index contributed by atoms with van der Waals surface area (Å²) in [6, 6.07) is 9.13. The number of phenols is 1. The van der Waals surface area contributed by atoms with Gasteiger partial charge >= 0.3 is 17.4 Å². The molecule has 0 radical (unpaired) electrons. The van der Waals surface area contributed by atoms with Gasteiger partial charge in [-0.1, -0.05) is 18.2 Å². The van der Waals surface area contributed by atoms with E-state index in [2.05, 4.69) is 4.98 Å². The molecule has 2 aromatic rings. The molecular formula is C9H7Cl2CrNO. The molecule has 14 heavy (non-hydrogen) atoms. The Hall–Kier alpha value is -0.458. The number of rotatable bonds is 0. The zero-order valence-corrected chi connectivity index (χ0v) is 9.81. The van der Waals surface area contributed by atoms with Crippen molar-refractivity contribution in [3.8, 4) is 5.75 Å². The molecule has 0 aliphatic carbocycles. The number of fused-ring (bicyclic) bond motifs is 1. The zero-order chi connectivity index (χ0) is 7.68. The van der Waals surface area contributed by atoms with E-state index in [1.165, 1.54) is 0 Å². The van der Waals surface area contributed by atoms with Crippen molar-refractivity contribution in [1.29, 1.82) is 0 Å². The Morgan fingerprint density at radius 2 is 1.64 bits per heavy atom. The summed E-state index contributed by atoms with van der Waals surface area (Å²) in [5.74, 6) is 0.239. The summed E-state index contributed by atoms with van der Waals surface area (Å²) in [5, 5.41) is 10.3. The second-order valence-corrected chi connectivity index (χ2v) is 2.35. The Balaban J connectivity index is 0. The van der Waals surface area contributed by atoms with Gasteiger partial charge in [0.05, 0.1) is 0 Å². The van der Waals surface area contributed by atoms with Gasteiger partial charge in [0.1, 0.15) is 11.3 Å². The fraction of sp³-hybridized carbons (Fsp3) is 0. The maximum absolute atomic E-state index is 9.31. The zero-order valence-electron chi connectivity index (χ0n) is 7.02. The van der Waals surface area contributed by atoms with Crippen molar-refractivity contribution in [2.45, 2.75) is 0 Å². The second kappa shape index (κ2) is 6.92. The van der Waals surface area contributed by atoms with Crippen molar-refractivity contribution >= 4 is 10.9 Å². The van der Waals surface area contributed by atoms with E-state index >= 15 is 0 Å². The maximum atomic E-state index is 9.31. The van der Waals surface area contributed by atoms with E-state index in [0.717, 1.165) is 5.39 Å². The van der Waals surface area contributed by atoms with Crippen LogP contribution >= 0.6 is 0 Å². The van der Waals surface area contributed by atoms with Crippen LogP contribution in [0.25, 0.3) is 10.9 Å².